The molecule has 7 nitrogen and oxygen atoms in total. The fraction of sp³-hybridized carbons (Fsp3) is 0.545. The zero-order valence-corrected chi connectivity index (χ0v) is 17.9. The van der Waals surface area contributed by atoms with Crippen LogP contribution in [0.5, 0.6) is 5.75 Å². The first-order valence-corrected chi connectivity index (χ1v) is 10.7. The summed E-state index contributed by atoms with van der Waals surface area (Å²) in [6, 6.07) is 5.62. The van der Waals surface area contributed by atoms with Crippen molar-refractivity contribution < 1.29 is 14.6 Å². The second kappa shape index (κ2) is 10.6. The summed E-state index contributed by atoms with van der Waals surface area (Å²) in [6.07, 6.45) is 5.40. The highest BCUT2D eigenvalue weighted by Gasteiger charge is 2.18. The minimum atomic E-state index is -0.179. The van der Waals surface area contributed by atoms with E-state index in [0.29, 0.717) is 29.9 Å². The number of ether oxygens (including phenoxy) is 1. The second-order valence-electron chi connectivity index (χ2n) is 7.86. The van der Waals surface area contributed by atoms with Gasteiger partial charge in [0.15, 0.2) is 0 Å². The van der Waals surface area contributed by atoms with E-state index in [1.165, 1.54) is 0 Å². The van der Waals surface area contributed by atoms with E-state index >= 15 is 0 Å². The molecule has 1 aliphatic heterocycles. The Morgan fingerprint density at radius 2 is 2.13 bits per heavy atom. The van der Waals surface area contributed by atoms with Crippen molar-refractivity contribution in [1.82, 2.24) is 14.7 Å². The molecule has 1 fully saturated rings. The smallest absolute Gasteiger partial charge is 0.224 e. The number of aliphatic hydroxyl groups is 1. The van der Waals surface area contributed by atoms with Crippen molar-refractivity contribution >= 4 is 24.9 Å². The summed E-state index contributed by atoms with van der Waals surface area (Å²) in [7, 11) is 7.99. The van der Waals surface area contributed by atoms with E-state index in [1.807, 2.05) is 25.2 Å². The molecule has 160 valence electrons. The monoisotopic (exact) mass is 410 g/mol. The van der Waals surface area contributed by atoms with Crippen LogP contribution in [0.2, 0.25) is 0 Å². The van der Waals surface area contributed by atoms with Crippen molar-refractivity contribution in [3.8, 4) is 17.0 Å². The van der Waals surface area contributed by atoms with E-state index in [0.717, 1.165) is 56.6 Å². The molecule has 1 amide bonds. The lowest BCUT2D eigenvalue weighted by Gasteiger charge is -2.29. The Kier molecular flexibility index (Phi) is 7.93. The first-order valence-electron chi connectivity index (χ1n) is 10.7. The number of aryl methyl sites for hydroxylation is 1. The van der Waals surface area contributed by atoms with Crippen LogP contribution in [0.25, 0.3) is 11.3 Å². The van der Waals surface area contributed by atoms with E-state index in [-0.39, 0.29) is 12.0 Å². The Labute approximate surface area is 179 Å². The van der Waals surface area contributed by atoms with Gasteiger partial charge in [0, 0.05) is 50.6 Å². The largest absolute Gasteiger partial charge is 0.492 e. The molecule has 3 rings (SSSR count). The Hall–Kier alpha value is -2.32. The van der Waals surface area contributed by atoms with Gasteiger partial charge in [-0.3, -0.25) is 14.4 Å². The van der Waals surface area contributed by atoms with Crippen LogP contribution < -0.4 is 15.5 Å². The van der Waals surface area contributed by atoms with Gasteiger partial charge >= 0.3 is 0 Å². The molecule has 8 heteroatoms. The number of unbranched alkanes of at least 4 members (excludes halogenated alkanes) is 1. The molecule has 0 aliphatic carbocycles. The van der Waals surface area contributed by atoms with Crippen molar-refractivity contribution in [3.63, 3.8) is 0 Å². The number of aromatic nitrogens is 2. The summed E-state index contributed by atoms with van der Waals surface area (Å²) in [5.41, 5.74) is 2.83. The quantitative estimate of drug-likeness (QED) is 0.617. The molecule has 0 bridgehead atoms. The van der Waals surface area contributed by atoms with Crippen molar-refractivity contribution in [1.29, 1.82) is 0 Å². The molecular formula is C22H31BN4O3. The zero-order chi connectivity index (χ0) is 21.5. The van der Waals surface area contributed by atoms with Crippen molar-refractivity contribution in [2.75, 3.05) is 31.6 Å². The maximum absolute atomic E-state index is 12.2. The lowest BCUT2D eigenvalue weighted by molar-refractivity contribution is -0.116. The fourth-order valence-electron chi connectivity index (χ4n) is 3.69. The van der Waals surface area contributed by atoms with Gasteiger partial charge in [-0.05, 0) is 37.5 Å². The van der Waals surface area contributed by atoms with Crippen LogP contribution in [0.4, 0.5) is 5.69 Å². The topological polar surface area (TPSA) is 79.6 Å². The predicted octanol–water partition coefficient (Wildman–Crippen LogP) is 1.85. The first-order chi connectivity index (χ1) is 14.5. The third kappa shape index (κ3) is 5.86. The number of hydrogen-bond acceptors (Lipinski definition) is 5. The molecule has 2 heterocycles. The predicted molar refractivity (Wildman–Crippen MR) is 119 cm³/mol. The molecule has 0 saturated carbocycles. The molecule has 2 aromatic rings. The average Bonchev–Trinajstić information content (AvgIpc) is 3.07. The van der Waals surface area contributed by atoms with Gasteiger partial charge in [0.05, 0.1) is 11.8 Å². The SMILES string of the molecule is [B]c1cnn(C)c1-c1cc(NC(=O)CCCC)ccc1OCCN1CCC(O)CC1. The van der Waals surface area contributed by atoms with Crippen LogP contribution in [0.15, 0.2) is 24.4 Å². The number of carbonyl (C=O) groups excluding carboxylic acids is 1. The number of anilines is 1. The molecule has 1 aromatic carbocycles. The number of nitrogens with zero attached hydrogens (tertiary/aromatic N) is 3. The number of benzene rings is 1. The number of hydrogen-bond donors (Lipinski definition) is 2. The number of nitrogens with one attached hydrogen (secondary N) is 1. The summed E-state index contributed by atoms with van der Waals surface area (Å²) in [6.45, 7) is 5.16. The Balaban J connectivity index is 1.73. The number of aliphatic hydroxyl groups excluding tert-OH is 1. The van der Waals surface area contributed by atoms with E-state index < -0.39 is 0 Å². The number of carbonyl (C=O) groups is 1. The molecule has 2 N–H and O–H groups in total. The zero-order valence-electron chi connectivity index (χ0n) is 17.9. The number of rotatable bonds is 9. The lowest BCUT2D eigenvalue weighted by Crippen LogP contribution is -2.38. The van der Waals surface area contributed by atoms with Crippen molar-refractivity contribution in [3.05, 3.63) is 24.4 Å². The molecule has 1 saturated heterocycles. The molecule has 2 radical (unpaired) electrons. The van der Waals surface area contributed by atoms with Gasteiger partial charge in [-0.1, -0.05) is 18.8 Å². The number of amides is 1. The average molecular weight is 410 g/mol. The fourth-order valence-corrected chi connectivity index (χ4v) is 3.69. The minimum Gasteiger partial charge on any atom is -0.492 e. The summed E-state index contributed by atoms with van der Waals surface area (Å²) in [5.74, 6) is 0.704. The van der Waals surface area contributed by atoms with E-state index in [1.54, 1.807) is 10.9 Å². The third-order valence-corrected chi connectivity index (χ3v) is 5.47. The summed E-state index contributed by atoms with van der Waals surface area (Å²) in [5, 5.41) is 16.9. The molecule has 1 aliphatic rings. The highest BCUT2D eigenvalue weighted by Crippen LogP contribution is 2.31. The van der Waals surface area contributed by atoms with Gasteiger partial charge in [0.1, 0.15) is 20.2 Å². The molecule has 30 heavy (non-hydrogen) atoms. The highest BCUT2D eigenvalue weighted by molar-refractivity contribution is 6.35. The van der Waals surface area contributed by atoms with Crippen LogP contribution in [0, 0.1) is 0 Å². The molecular weight excluding hydrogens is 379 g/mol. The maximum Gasteiger partial charge on any atom is 0.224 e. The maximum atomic E-state index is 12.2. The van der Waals surface area contributed by atoms with Gasteiger partial charge in [0.2, 0.25) is 5.91 Å². The van der Waals surface area contributed by atoms with Crippen LogP contribution in [0.1, 0.15) is 39.0 Å². The van der Waals surface area contributed by atoms with Gasteiger partial charge in [-0.25, -0.2) is 0 Å². The van der Waals surface area contributed by atoms with Crippen molar-refractivity contribution in [2.45, 2.75) is 45.1 Å². The van der Waals surface area contributed by atoms with Gasteiger partial charge in [0.25, 0.3) is 0 Å². The lowest BCUT2D eigenvalue weighted by atomic mass is 9.93. The van der Waals surface area contributed by atoms with E-state index in [9.17, 15) is 9.90 Å². The van der Waals surface area contributed by atoms with Gasteiger partial charge in [-0.2, -0.15) is 5.10 Å². The Bertz CT molecular complexity index is 827. The van der Waals surface area contributed by atoms with Crippen LogP contribution in [-0.4, -0.2) is 65.9 Å². The number of likely N-dealkylation sites (tertiary alicyclic amines) is 1. The van der Waals surface area contributed by atoms with Crippen LogP contribution in [0.3, 0.4) is 0 Å². The number of piperidine rings is 1. The van der Waals surface area contributed by atoms with Gasteiger partial charge < -0.3 is 15.2 Å². The highest BCUT2D eigenvalue weighted by atomic mass is 16.5. The Morgan fingerprint density at radius 3 is 2.80 bits per heavy atom. The van der Waals surface area contributed by atoms with Gasteiger partial charge in [-0.15, -0.1) is 0 Å². The molecule has 1 aromatic heterocycles. The summed E-state index contributed by atoms with van der Waals surface area (Å²) >= 11 is 0. The van der Waals surface area contributed by atoms with E-state index in [4.69, 9.17) is 12.6 Å². The summed E-state index contributed by atoms with van der Waals surface area (Å²) in [4.78, 5) is 14.4. The summed E-state index contributed by atoms with van der Waals surface area (Å²) < 4.78 is 7.83. The standard InChI is InChI=1S/C22H31BN4O3/c1-3-4-5-21(29)25-16-6-7-20(18(14-16)22-19(23)15-24-26(22)2)30-13-12-27-10-8-17(28)9-11-27/h6-7,14-15,17,28H,3-5,8-13H2,1-2H3,(H,25,29). The van der Waals surface area contributed by atoms with Crippen LogP contribution in [-0.2, 0) is 11.8 Å². The second-order valence-corrected chi connectivity index (χ2v) is 7.86. The normalized spacial score (nSPS) is 15.3. The first kappa shape index (κ1) is 22.4. The Morgan fingerprint density at radius 1 is 1.37 bits per heavy atom. The van der Waals surface area contributed by atoms with E-state index in [2.05, 4.69) is 22.2 Å². The van der Waals surface area contributed by atoms with Crippen LogP contribution >= 0.6 is 0 Å². The molecule has 0 spiro atoms. The minimum absolute atomic E-state index is 0.00160. The molecule has 0 unspecified atom stereocenters. The van der Waals surface area contributed by atoms with Crippen molar-refractivity contribution in [2.24, 2.45) is 7.05 Å². The third-order valence-electron chi connectivity index (χ3n) is 5.47. The molecule has 0 atom stereocenters.